The molecule has 0 aliphatic heterocycles. The van der Waals surface area contributed by atoms with E-state index in [0.717, 1.165) is 19.3 Å². The Morgan fingerprint density at radius 1 is 0.864 bits per heavy atom. The van der Waals surface area contributed by atoms with Crippen LogP contribution in [0, 0.1) is 0 Å². The summed E-state index contributed by atoms with van der Waals surface area (Å²) in [5, 5.41) is 8.67. The first-order valence-electron chi connectivity index (χ1n) is 8.54. The number of aliphatic hydroxyl groups is 1. The number of hydrogen-bond acceptors (Lipinski definition) is 4. The van der Waals surface area contributed by atoms with E-state index in [-0.39, 0.29) is 36.0 Å². The van der Waals surface area contributed by atoms with Crippen LogP contribution in [0.15, 0.2) is 0 Å². The van der Waals surface area contributed by atoms with Gasteiger partial charge in [0, 0.05) is 5.25 Å². The smallest absolute Gasteiger partial charge is 0.748 e. The van der Waals surface area contributed by atoms with E-state index in [9.17, 15) is 18.1 Å². The van der Waals surface area contributed by atoms with E-state index in [1.807, 2.05) is 6.92 Å². The van der Waals surface area contributed by atoms with Gasteiger partial charge in [-0.2, -0.15) is 0 Å². The molecule has 0 fully saturated rings. The minimum atomic E-state index is -4.23. The largest absolute Gasteiger partial charge is 1.00 e. The van der Waals surface area contributed by atoms with Crippen molar-refractivity contribution in [1.29, 1.82) is 0 Å². The first-order chi connectivity index (χ1) is 9.91. The second kappa shape index (κ2) is 15.4. The minimum absolute atomic E-state index is 0. The summed E-state index contributed by atoms with van der Waals surface area (Å²) in [4.78, 5) is 0. The molecule has 0 aromatic rings. The van der Waals surface area contributed by atoms with Crippen LogP contribution in [0.2, 0.25) is 0 Å². The Morgan fingerprint density at radius 2 is 1.36 bits per heavy atom. The van der Waals surface area contributed by atoms with Crippen LogP contribution in [0.25, 0.3) is 0 Å². The fourth-order valence-corrected chi connectivity index (χ4v) is 3.40. The third-order valence-electron chi connectivity index (χ3n) is 4.08. The molecule has 0 aliphatic carbocycles. The van der Waals surface area contributed by atoms with Crippen molar-refractivity contribution >= 4 is 10.1 Å². The average molecular weight is 344 g/mol. The molecule has 0 saturated heterocycles. The first kappa shape index (κ1) is 25.1. The van der Waals surface area contributed by atoms with Gasteiger partial charge < -0.3 is 9.66 Å². The minimum Gasteiger partial charge on any atom is -0.748 e. The third kappa shape index (κ3) is 14.5. The molecule has 2 unspecified atom stereocenters. The first-order valence-corrected chi connectivity index (χ1v) is 10.0. The fourth-order valence-electron chi connectivity index (χ4n) is 2.52. The van der Waals surface area contributed by atoms with Gasteiger partial charge in [-0.1, -0.05) is 65.2 Å². The van der Waals surface area contributed by atoms with Crippen LogP contribution < -0.4 is 29.6 Å². The van der Waals surface area contributed by atoms with Crippen LogP contribution in [-0.2, 0) is 10.1 Å². The number of unbranched alkanes of at least 4 members (excludes halogenated alkanes) is 7. The molecule has 22 heavy (non-hydrogen) atoms. The molecule has 6 heteroatoms. The van der Waals surface area contributed by atoms with Crippen LogP contribution in [-0.4, -0.2) is 29.4 Å². The van der Waals surface area contributed by atoms with E-state index < -0.39 is 21.5 Å². The molecule has 4 nitrogen and oxygen atoms in total. The average Bonchev–Trinajstić information content (AvgIpc) is 2.43. The summed E-state index contributed by atoms with van der Waals surface area (Å²) in [6.07, 6.45) is 10.4. The summed E-state index contributed by atoms with van der Waals surface area (Å²) >= 11 is 0. The Kier molecular flexibility index (Phi) is 17.6. The van der Waals surface area contributed by atoms with Crippen LogP contribution in [0.4, 0.5) is 0 Å². The molecule has 0 aliphatic rings. The van der Waals surface area contributed by atoms with Gasteiger partial charge in [-0.3, -0.25) is 0 Å². The maximum absolute atomic E-state index is 11.2. The molecule has 0 spiro atoms. The maximum Gasteiger partial charge on any atom is 1.00 e. The molecule has 0 radical (unpaired) electrons. The Balaban J connectivity index is 0. The van der Waals surface area contributed by atoms with E-state index in [4.69, 9.17) is 0 Å². The Labute approximate surface area is 159 Å². The Hall–Kier alpha value is 0.870. The van der Waals surface area contributed by atoms with E-state index in [1.165, 1.54) is 32.1 Å². The van der Waals surface area contributed by atoms with Crippen LogP contribution in [0.5, 0.6) is 0 Å². The molecule has 0 aromatic carbocycles. The summed E-state index contributed by atoms with van der Waals surface area (Å²) < 4.78 is 33.7. The van der Waals surface area contributed by atoms with Gasteiger partial charge >= 0.3 is 29.6 Å². The molecule has 128 valence electrons. The molecule has 2 atom stereocenters. The van der Waals surface area contributed by atoms with Crippen molar-refractivity contribution in [2.45, 2.75) is 102 Å². The van der Waals surface area contributed by atoms with Gasteiger partial charge in [-0.15, -0.1) is 0 Å². The van der Waals surface area contributed by atoms with E-state index in [2.05, 4.69) is 6.92 Å². The van der Waals surface area contributed by atoms with Gasteiger partial charge in [0.1, 0.15) is 0 Å². The van der Waals surface area contributed by atoms with E-state index >= 15 is 0 Å². The molecule has 0 amide bonds. The molecule has 0 bridgehead atoms. The van der Waals surface area contributed by atoms with Crippen molar-refractivity contribution in [2.24, 2.45) is 0 Å². The van der Waals surface area contributed by atoms with E-state index in [0.29, 0.717) is 19.3 Å². The summed E-state index contributed by atoms with van der Waals surface area (Å²) in [5.41, 5.74) is 0. The van der Waals surface area contributed by atoms with Crippen LogP contribution in [0.1, 0.15) is 90.9 Å². The number of aliphatic hydroxyl groups excluding tert-OH is 1. The molecular formula is C16H33NaO4S. The van der Waals surface area contributed by atoms with Crippen LogP contribution >= 0.6 is 0 Å². The topological polar surface area (TPSA) is 77.4 Å². The van der Waals surface area contributed by atoms with Gasteiger partial charge in [-0.05, 0) is 25.7 Å². The van der Waals surface area contributed by atoms with E-state index in [1.54, 1.807) is 0 Å². The fraction of sp³-hybridized carbons (Fsp3) is 1.00. The molecule has 0 rings (SSSR count). The normalized spacial score (nSPS) is 14.4. The summed E-state index contributed by atoms with van der Waals surface area (Å²) in [7, 11) is -4.23. The zero-order valence-corrected chi connectivity index (χ0v) is 17.5. The van der Waals surface area contributed by atoms with Gasteiger partial charge in [-0.25, -0.2) is 8.42 Å². The predicted molar refractivity (Wildman–Crippen MR) is 86.2 cm³/mol. The van der Waals surface area contributed by atoms with Crippen molar-refractivity contribution < 1.29 is 47.6 Å². The third-order valence-corrected chi connectivity index (χ3v) is 5.37. The number of hydrogen-bond donors (Lipinski definition) is 1. The van der Waals surface area contributed by atoms with Gasteiger partial charge in [0.2, 0.25) is 0 Å². The molecule has 1 N–H and O–H groups in total. The number of rotatable bonds is 14. The van der Waals surface area contributed by atoms with Crippen molar-refractivity contribution in [3.63, 3.8) is 0 Å². The molecular weight excluding hydrogens is 311 g/mol. The Bertz CT molecular complexity index is 333. The summed E-state index contributed by atoms with van der Waals surface area (Å²) in [6, 6.07) is 0. The van der Waals surface area contributed by atoms with Crippen LogP contribution in [0.3, 0.4) is 0 Å². The van der Waals surface area contributed by atoms with Gasteiger partial charge in [0.15, 0.2) is 0 Å². The second-order valence-corrected chi connectivity index (χ2v) is 7.67. The summed E-state index contributed by atoms with van der Waals surface area (Å²) in [6.45, 7) is 4.04. The predicted octanol–water partition coefficient (Wildman–Crippen LogP) is 0.986. The SMILES string of the molecule is CCCCCCCCCCC(CCC(O)CC)S(=O)(=O)[O-].[Na+]. The van der Waals surface area contributed by atoms with Gasteiger partial charge in [0.05, 0.1) is 16.2 Å². The van der Waals surface area contributed by atoms with Crippen molar-refractivity contribution in [3.05, 3.63) is 0 Å². The zero-order valence-electron chi connectivity index (χ0n) is 14.7. The van der Waals surface area contributed by atoms with Crippen molar-refractivity contribution in [2.75, 3.05) is 0 Å². The molecule has 0 saturated carbocycles. The second-order valence-electron chi connectivity index (χ2n) is 6.02. The quantitative estimate of drug-likeness (QED) is 0.290. The summed E-state index contributed by atoms with van der Waals surface area (Å²) in [5.74, 6) is 0. The molecule has 0 heterocycles. The maximum atomic E-state index is 11.2. The van der Waals surface area contributed by atoms with Crippen molar-refractivity contribution in [3.8, 4) is 0 Å². The zero-order chi connectivity index (χ0) is 16.1. The standard InChI is InChI=1S/C16H34O4S.Na/c1-3-5-6-7-8-9-10-11-12-16(21(18,19)20)14-13-15(17)4-2;/h15-17H,3-14H2,1-2H3,(H,18,19,20);/q;+1/p-1. The monoisotopic (exact) mass is 344 g/mol. The van der Waals surface area contributed by atoms with Crippen molar-refractivity contribution in [1.82, 2.24) is 0 Å². The Morgan fingerprint density at radius 3 is 1.82 bits per heavy atom. The van der Waals surface area contributed by atoms with Gasteiger partial charge in [0.25, 0.3) is 0 Å². The molecule has 0 aromatic heterocycles.